The minimum absolute atomic E-state index is 0.105. The van der Waals surface area contributed by atoms with Crippen molar-refractivity contribution in [3.8, 4) is 33.8 Å². The van der Waals surface area contributed by atoms with Gasteiger partial charge in [0.15, 0.2) is 0 Å². The summed E-state index contributed by atoms with van der Waals surface area (Å²) in [5.74, 6) is 0.209. The summed E-state index contributed by atoms with van der Waals surface area (Å²) in [6.07, 6.45) is 0. The van der Waals surface area contributed by atoms with E-state index in [1.165, 1.54) is 60.7 Å². The minimum Gasteiger partial charge on any atom is -0.456 e. The molecule has 0 heterocycles. The Balaban J connectivity index is 1.96. The number of hydrogen-bond donors (Lipinski definition) is 0. The van der Waals surface area contributed by atoms with E-state index in [0.29, 0.717) is 0 Å². The van der Waals surface area contributed by atoms with Crippen LogP contribution in [-0.2, 0) is 0 Å². The van der Waals surface area contributed by atoms with Gasteiger partial charge in [0.1, 0.15) is 11.5 Å². The lowest BCUT2D eigenvalue weighted by Gasteiger charge is -2.17. The molecule has 0 amide bonds. The number of nitro benzene ring substituents is 2. The Morgan fingerprint density at radius 2 is 0.865 bits per heavy atom. The Kier molecular flexibility index (Phi) is 8.04. The normalized spacial score (nSPS) is 10.9. The Morgan fingerprint density at radius 1 is 0.541 bits per heavy atom. The maximum Gasteiger partial charge on any atom is 0.270 e. The van der Waals surface area contributed by atoms with E-state index in [0.717, 1.165) is 0 Å². The Hall–Kier alpha value is -2.78. The predicted octanol–water partition coefficient (Wildman–Crippen LogP) is 10.5. The highest BCUT2D eigenvalue weighted by Crippen LogP contribution is 2.48. The van der Waals surface area contributed by atoms with Crippen LogP contribution in [0.15, 0.2) is 60.7 Å². The molecule has 0 saturated carbocycles. The number of non-ortho nitro benzene ring substituents is 2. The summed E-state index contributed by atoms with van der Waals surface area (Å²) < 4.78 is 6.15. The van der Waals surface area contributed by atoms with Crippen molar-refractivity contribution in [2.24, 2.45) is 0 Å². The number of hydrogen-bond acceptors (Lipinski definition) is 5. The van der Waals surface area contributed by atoms with Crippen LogP contribution in [0.25, 0.3) is 22.3 Å². The quantitative estimate of drug-likeness (QED) is 0.158. The zero-order chi connectivity index (χ0) is 27.0. The second kappa shape index (κ2) is 10.9. The highest BCUT2D eigenvalue weighted by Gasteiger charge is 2.23. The number of halogens is 6. The van der Waals surface area contributed by atoms with Gasteiger partial charge in [-0.05, 0) is 36.4 Å². The molecule has 0 fully saturated rings. The van der Waals surface area contributed by atoms with E-state index in [2.05, 4.69) is 0 Å². The van der Waals surface area contributed by atoms with E-state index < -0.39 is 9.85 Å². The van der Waals surface area contributed by atoms with Crippen LogP contribution in [0.3, 0.4) is 0 Å². The summed E-state index contributed by atoms with van der Waals surface area (Å²) in [7, 11) is 0. The van der Waals surface area contributed by atoms with E-state index in [9.17, 15) is 20.2 Å². The first-order chi connectivity index (χ1) is 17.5. The monoisotopic (exact) mass is 616 g/mol. The third-order valence-corrected chi connectivity index (χ3v) is 6.75. The van der Waals surface area contributed by atoms with Crippen molar-refractivity contribution in [3.05, 3.63) is 111 Å². The van der Waals surface area contributed by atoms with Crippen molar-refractivity contribution < 1.29 is 14.6 Å². The van der Waals surface area contributed by atoms with Crippen LogP contribution in [0.4, 0.5) is 11.4 Å². The molecule has 0 spiro atoms. The Bertz CT molecular complexity index is 1430. The lowest BCUT2D eigenvalue weighted by molar-refractivity contribution is -0.385. The zero-order valence-corrected chi connectivity index (χ0v) is 22.5. The number of nitro groups is 2. The van der Waals surface area contributed by atoms with Gasteiger partial charge in [-0.15, -0.1) is 0 Å². The summed E-state index contributed by atoms with van der Waals surface area (Å²) >= 11 is 37.7. The van der Waals surface area contributed by atoms with Crippen molar-refractivity contribution in [3.63, 3.8) is 0 Å². The van der Waals surface area contributed by atoms with Crippen LogP contribution in [0.2, 0.25) is 30.1 Å². The van der Waals surface area contributed by atoms with E-state index in [-0.39, 0.29) is 75.3 Å². The second-order valence-electron chi connectivity index (χ2n) is 7.47. The number of benzene rings is 4. The number of nitrogens with zero attached hydrogens (tertiary/aromatic N) is 2. The lowest BCUT2D eigenvalue weighted by atomic mass is 10.0. The highest BCUT2D eigenvalue weighted by atomic mass is 35.5. The molecule has 0 aliphatic heterocycles. The molecule has 0 radical (unpaired) electrons. The molecule has 4 aromatic rings. The molecular formula is C24H10Cl6N2O5. The first-order valence-corrected chi connectivity index (χ1v) is 12.3. The van der Waals surface area contributed by atoms with Gasteiger partial charge in [0.05, 0.1) is 29.9 Å². The molecule has 0 aliphatic rings. The average Bonchev–Trinajstić information content (AvgIpc) is 2.79. The van der Waals surface area contributed by atoms with Gasteiger partial charge in [0.2, 0.25) is 0 Å². The van der Waals surface area contributed by atoms with Gasteiger partial charge in [-0.1, -0.05) is 69.6 Å². The van der Waals surface area contributed by atoms with Gasteiger partial charge < -0.3 is 4.74 Å². The molecule has 7 nitrogen and oxygen atoms in total. The number of rotatable bonds is 6. The van der Waals surface area contributed by atoms with E-state index in [4.69, 9.17) is 74.3 Å². The van der Waals surface area contributed by atoms with Crippen molar-refractivity contribution >= 4 is 81.0 Å². The fraction of sp³-hybridized carbons (Fsp3) is 0. The highest BCUT2D eigenvalue weighted by molar-refractivity contribution is 6.42. The van der Waals surface area contributed by atoms with Gasteiger partial charge in [-0.3, -0.25) is 20.2 Å². The lowest BCUT2D eigenvalue weighted by Crippen LogP contribution is -1.97. The van der Waals surface area contributed by atoms with Crippen LogP contribution in [0.5, 0.6) is 11.5 Å². The van der Waals surface area contributed by atoms with Crippen LogP contribution in [-0.4, -0.2) is 9.85 Å². The molecule has 0 bridgehead atoms. The van der Waals surface area contributed by atoms with Crippen LogP contribution >= 0.6 is 69.6 Å². The molecule has 13 heteroatoms. The van der Waals surface area contributed by atoms with Crippen molar-refractivity contribution in [1.29, 1.82) is 0 Å². The molecular weight excluding hydrogens is 609 g/mol. The fourth-order valence-corrected chi connectivity index (χ4v) is 5.59. The molecule has 188 valence electrons. The number of ether oxygens (including phenoxy) is 1. The Labute approximate surface area is 239 Å². The predicted molar refractivity (Wildman–Crippen MR) is 147 cm³/mol. The average molecular weight is 619 g/mol. The summed E-state index contributed by atoms with van der Waals surface area (Å²) in [4.78, 5) is 21.8. The topological polar surface area (TPSA) is 95.5 Å². The molecule has 0 aromatic heterocycles. The van der Waals surface area contributed by atoms with Gasteiger partial charge >= 0.3 is 0 Å². The van der Waals surface area contributed by atoms with Crippen LogP contribution in [0, 0.1) is 20.2 Å². The standard InChI is InChI=1S/C24H10Cl6N2O5/c25-11-5-17(27)23(18(28)6-11)15-9-13(31(33)34)1-3-21(15)37-22-4-2-14(32(35)36)10-16(22)24-19(29)7-12(26)8-20(24)30/h1-10H. The Morgan fingerprint density at radius 3 is 1.16 bits per heavy atom. The van der Waals surface area contributed by atoms with Crippen molar-refractivity contribution in [1.82, 2.24) is 0 Å². The van der Waals surface area contributed by atoms with Gasteiger partial charge in [0, 0.05) is 56.6 Å². The molecule has 0 atom stereocenters. The summed E-state index contributed by atoms with van der Waals surface area (Å²) in [6, 6.07) is 13.3. The molecule has 4 aromatic carbocycles. The second-order valence-corrected chi connectivity index (χ2v) is 9.97. The smallest absolute Gasteiger partial charge is 0.270 e. The van der Waals surface area contributed by atoms with Crippen molar-refractivity contribution in [2.75, 3.05) is 0 Å². The molecule has 37 heavy (non-hydrogen) atoms. The molecule has 0 unspecified atom stereocenters. The molecule has 0 N–H and O–H groups in total. The van der Waals surface area contributed by atoms with Gasteiger partial charge in [-0.25, -0.2) is 0 Å². The maximum absolute atomic E-state index is 11.5. The van der Waals surface area contributed by atoms with Crippen LogP contribution < -0.4 is 4.74 Å². The minimum atomic E-state index is -0.588. The van der Waals surface area contributed by atoms with Crippen molar-refractivity contribution in [2.45, 2.75) is 0 Å². The van der Waals surface area contributed by atoms with E-state index in [1.807, 2.05) is 0 Å². The third-order valence-electron chi connectivity index (χ3n) is 5.12. The third kappa shape index (κ3) is 5.72. The maximum atomic E-state index is 11.5. The molecule has 0 aliphatic carbocycles. The zero-order valence-electron chi connectivity index (χ0n) is 18.0. The SMILES string of the molecule is O=[N+]([O-])c1ccc(Oc2ccc([N+](=O)[O-])cc2-c2c(Cl)cc(Cl)cc2Cl)c(-c2c(Cl)cc(Cl)cc2Cl)c1. The summed E-state index contributed by atoms with van der Waals surface area (Å²) in [5.41, 5.74) is 0.320. The molecule has 0 saturated heterocycles. The van der Waals surface area contributed by atoms with E-state index in [1.54, 1.807) is 0 Å². The van der Waals surface area contributed by atoms with Crippen LogP contribution in [0.1, 0.15) is 0 Å². The summed E-state index contributed by atoms with van der Waals surface area (Å²) in [6.45, 7) is 0. The summed E-state index contributed by atoms with van der Waals surface area (Å²) in [5, 5.41) is 24.0. The van der Waals surface area contributed by atoms with Gasteiger partial charge in [0.25, 0.3) is 11.4 Å². The molecule has 4 rings (SSSR count). The largest absolute Gasteiger partial charge is 0.456 e. The fourth-order valence-electron chi connectivity index (χ4n) is 3.55. The van der Waals surface area contributed by atoms with Gasteiger partial charge in [-0.2, -0.15) is 0 Å². The van der Waals surface area contributed by atoms with E-state index >= 15 is 0 Å². The first-order valence-electron chi connectivity index (χ1n) is 10.0. The first kappa shape index (κ1) is 27.3.